The van der Waals surface area contributed by atoms with Crippen LogP contribution in [0.5, 0.6) is 0 Å². The van der Waals surface area contributed by atoms with Crippen LogP contribution in [0.25, 0.3) is 0 Å². The van der Waals surface area contributed by atoms with Gasteiger partial charge in [-0.05, 0) is 57.7 Å². The fourth-order valence-corrected chi connectivity index (χ4v) is 3.58. The molecule has 3 rings (SSSR count). The van der Waals surface area contributed by atoms with Gasteiger partial charge in [0.1, 0.15) is 5.60 Å². The molecule has 5 nitrogen and oxygen atoms in total. The van der Waals surface area contributed by atoms with E-state index in [9.17, 15) is 9.59 Å². The number of carbonyl (C=O) groups is 2. The van der Waals surface area contributed by atoms with Gasteiger partial charge in [-0.3, -0.25) is 4.79 Å². The number of amides is 2. The van der Waals surface area contributed by atoms with Gasteiger partial charge in [0.25, 0.3) is 5.91 Å². The normalized spacial score (nSPS) is 23.2. The van der Waals surface area contributed by atoms with Crippen molar-refractivity contribution in [3.63, 3.8) is 0 Å². The molecule has 0 aliphatic heterocycles. The van der Waals surface area contributed by atoms with Crippen molar-refractivity contribution in [3.05, 3.63) is 35.4 Å². The Labute approximate surface area is 155 Å². The zero-order chi connectivity index (χ0) is 18.7. The van der Waals surface area contributed by atoms with E-state index in [2.05, 4.69) is 10.6 Å². The lowest BCUT2D eigenvalue weighted by atomic mass is 9.95. The molecule has 142 valence electrons. The van der Waals surface area contributed by atoms with E-state index in [4.69, 9.17) is 4.74 Å². The zero-order valence-electron chi connectivity index (χ0n) is 16.0. The number of nitrogens with one attached hydrogen (secondary N) is 2. The molecule has 0 radical (unpaired) electrons. The third kappa shape index (κ3) is 5.23. The Hall–Kier alpha value is -2.04. The van der Waals surface area contributed by atoms with Gasteiger partial charge in [0.05, 0.1) is 0 Å². The molecule has 2 amide bonds. The summed E-state index contributed by atoms with van der Waals surface area (Å²) in [5.41, 5.74) is 1.37. The quantitative estimate of drug-likeness (QED) is 0.850. The molecule has 2 saturated carbocycles. The standard InChI is InChI=1S/C21H30N2O3/c1-21(2,3)26-20(25)23-18-13-17(18)14-9-11-15(12-10-14)19(24)22-16-7-5-4-6-8-16/h9-12,16-18H,4-8,13H2,1-3H3,(H,22,24)(H,23,25)/t17-,18+/m0/s1. The van der Waals surface area contributed by atoms with Crippen LogP contribution in [0.3, 0.4) is 0 Å². The van der Waals surface area contributed by atoms with Crippen molar-refractivity contribution >= 4 is 12.0 Å². The molecule has 0 bridgehead atoms. The van der Waals surface area contributed by atoms with E-state index in [-0.39, 0.29) is 18.0 Å². The molecule has 0 saturated heterocycles. The topological polar surface area (TPSA) is 67.4 Å². The fourth-order valence-electron chi connectivity index (χ4n) is 3.58. The maximum atomic E-state index is 12.4. The van der Waals surface area contributed by atoms with E-state index in [1.807, 2.05) is 45.0 Å². The first-order chi connectivity index (χ1) is 12.3. The van der Waals surface area contributed by atoms with Crippen molar-refractivity contribution in [1.82, 2.24) is 10.6 Å². The summed E-state index contributed by atoms with van der Waals surface area (Å²) in [5, 5.41) is 6.05. The highest BCUT2D eigenvalue weighted by Gasteiger charge is 2.40. The second kappa shape index (κ2) is 7.68. The highest BCUT2D eigenvalue weighted by Crippen LogP contribution is 2.41. The van der Waals surface area contributed by atoms with Crippen molar-refractivity contribution in [2.45, 2.75) is 82.9 Å². The van der Waals surface area contributed by atoms with Crippen molar-refractivity contribution in [2.24, 2.45) is 0 Å². The second-order valence-electron chi connectivity index (χ2n) is 8.53. The first-order valence-electron chi connectivity index (χ1n) is 9.72. The number of ether oxygens (including phenoxy) is 1. The molecule has 5 heteroatoms. The molecule has 1 aromatic rings. The van der Waals surface area contributed by atoms with Gasteiger partial charge in [0, 0.05) is 23.6 Å². The second-order valence-corrected chi connectivity index (χ2v) is 8.53. The van der Waals surface area contributed by atoms with E-state index in [0.717, 1.165) is 24.8 Å². The molecule has 0 unspecified atom stereocenters. The number of hydrogen-bond donors (Lipinski definition) is 2. The molecular weight excluding hydrogens is 328 g/mol. The monoisotopic (exact) mass is 358 g/mol. The van der Waals surface area contributed by atoms with Crippen LogP contribution in [-0.4, -0.2) is 29.7 Å². The smallest absolute Gasteiger partial charge is 0.407 e. The average molecular weight is 358 g/mol. The van der Waals surface area contributed by atoms with Crippen LogP contribution in [0.4, 0.5) is 4.79 Å². The minimum atomic E-state index is -0.484. The third-order valence-electron chi connectivity index (χ3n) is 5.03. The van der Waals surface area contributed by atoms with Gasteiger partial charge in [-0.25, -0.2) is 4.79 Å². The van der Waals surface area contributed by atoms with Crippen molar-refractivity contribution < 1.29 is 14.3 Å². The average Bonchev–Trinajstić information content (AvgIpc) is 3.33. The molecule has 1 aromatic carbocycles. The van der Waals surface area contributed by atoms with Crippen molar-refractivity contribution in [2.75, 3.05) is 0 Å². The van der Waals surface area contributed by atoms with E-state index in [1.54, 1.807) is 0 Å². The van der Waals surface area contributed by atoms with Crippen LogP contribution >= 0.6 is 0 Å². The fraction of sp³-hybridized carbons (Fsp3) is 0.619. The minimum Gasteiger partial charge on any atom is -0.444 e. The van der Waals surface area contributed by atoms with Gasteiger partial charge in [-0.15, -0.1) is 0 Å². The summed E-state index contributed by atoms with van der Waals surface area (Å²) < 4.78 is 5.29. The van der Waals surface area contributed by atoms with Gasteiger partial charge in [0.2, 0.25) is 0 Å². The van der Waals surface area contributed by atoms with Crippen molar-refractivity contribution in [1.29, 1.82) is 0 Å². The van der Waals surface area contributed by atoms with Gasteiger partial charge < -0.3 is 15.4 Å². The maximum Gasteiger partial charge on any atom is 0.407 e. The van der Waals surface area contributed by atoms with Gasteiger partial charge in [-0.1, -0.05) is 31.4 Å². The molecule has 0 aromatic heterocycles. The van der Waals surface area contributed by atoms with Crippen LogP contribution in [0.15, 0.2) is 24.3 Å². The van der Waals surface area contributed by atoms with Gasteiger partial charge in [-0.2, -0.15) is 0 Å². The molecule has 26 heavy (non-hydrogen) atoms. The minimum absolute atomic E-state index is 0.0164. The number of carbonyl (C=O) groups excluding carboxylic acids is 2. The predicted molar refractivity (Wildman–Crippen MR) is 101 cm³/mol. The van der Waals surface area contributed by atoms with Crippen LogP contribution in [0.1, 0.15) is 81.1 Å². The first kappa shape index (κ1) is 18.7. The lowest BCUT2D eigenvalue weighted by Crippen LogP contribution is -2.36. The Morgan fingerprint density at radius 2 is 1.65 bits per heavy atom. The van der Waals surface area contributed by atoms with Crippen LogP contribution in [-0.2, 0) is 4.74 Å². The summed E-state index contributed by atoms with van der Waals surface area (Å²) in [4.78, 5) is 24.2. The van der Waals surface area contributed by atoms with E-state index in [1.165, 1.54) is 19.3 Å². The Balaban J connectivity index is 1.49. The predicted octanol–water partition coefficient (Wildman–Crippen LogP) is 4.13. The molecule has 2 aliphatic rings. The summed E-state index contributed by atoms with van der Waals surface area (Å²) in [6.45, 7) is 5.57. The summed E-state index contributed by atoms with van der Waals surface area (Å²) in [6, 6.07) is 8.20. The Morgan fingerprint density at radius 1 is 1.00 bits per heavy atom. The number of rotatable bonds is 4. The van der Waals surface area contributed by atoms with E-state index < -0.39 is 5.60 Å². The molecule has 0 spiro atoms. The van der Waals surface area contributed by atoms with Crippen LogP contribution in [0, 0.1) is 0 Å². The summed E-state index contributed by atoms with van der Waals surface area (Å²) in [5.74, 6) is 0.320. The Bertz CT molecular complexity index is 642. The van der Waals surface area contributed by atoms with Crippen LogP contribution in [0.2, 0.25) is 0 Å². The molecule has 2 atom stereocenters. The summed E-state index contributed by atoms with van der Waals surface area (Å²) in [7, 11) is 0. The van der Waals surface area contributed by atoms with Gasteiger partial charge >= 0.3 is 6.09 Å². The molecule has 2 fully saturated rings. The first-order valence-corrected chi connectivity index (χ1v) is 9.72. The third-order valence-corrected chi connectivity index (χ3v) is 5.03. The molecular formula is C21H30N2O3. The Kier molecular flexibility index (Phi) is 5.54. The van der Waals surface area contributed by atoms with Gasteiger partial charge in [0.15, 0.2) is 0 Å². The number of alkyl carbamates (subject to hydrolysis) is 1. The largest absolute Gasteiger partial charge is 0.444 e. The molecule has 2 aliphatic carbocycles. The van der Waals surface area contributed by atoms with Crippen molar-refractivity contribution in [3.8, 4) is 0 Å². The van der Waals surface area contributed by atoms with E-state index in [0.29, 0.717) is 17.5 Å². The maximum absolute atomic E-state index is 12.4. The number of benzene rings is 1. The Morgan fingerprint density at radius 3 is 2.27 bits per heavy atom. The number of hydrogen-bond acceptors (Lipinski definition) is 3. The lowest BCUT2D eigenvalue weighted by Gasteiger charge is -2.22. The summed E-state index contributed by atoms with van der Waals surface area (Å²) in [6.07, 6.45) is 6.41. The molecule has 0 heterocycles. The SMILES string of the molecule is CC(C)(C)OC(=O)N[C@@H]1C[C@H]1c1ccc(C(=O)NC2CCCCC2)cc1. The molecule has 2 N–H and O–H groups in total. The highest BCUT2D eigenvalue weighted by atomic mass is 16.6. The highest BCUT2D eigenvalue weighted by molar-refractivity contribution is 5.94. The summed E-state index contributed by atoms with van der Waals surface area (Å²) >= 11 is 0. The lowest BCUT2D eigenvalue weighted by molar-refractivity contribution is 0.0522. The van der Waals surface area contributed by atoms with Crippen LogP contribution < -0.4 is 10.6 Å². The zero-order valence-corrected chi connectivity index (χ0v) is 16.0. The van der Waals surface area contributed by atoms with E-state index >= 15 is 0 Å².